The van der Waals surface area contributed by atoms with Crippen molar-refractivity contribution in [3.8, 4) is 0 Å². The number of nitrogens with zero attached hydrogens (tertiary/aromatic N) is 5. The quantitative estimate of drug-likeness (QED) is 0.720. The average Bonchev–Trinajstić information content (AvgIpc) is 3.03. The number of carboxylic acids is 1. The molecule has 8 nitrogen and oxygen atoms in total. The van der Waals surface area contributed by atoms with Crippen LogP contribution in [0.2, 0.25) is 0 Å². The van der Waals surface area contributed by atoms with Crippen molar-refractivity contribution in [1.82, 2.24) is 19.5 Å². The first-order valence-corrected chi connectivity index (χ1v) is 8.96. The van der Waals surface area contributed by atoms with E-state index in [1.165, 1.54) is 0 Å². The van der Waals surface area contributed by atoms with Gasteiger partial charge in [0.15, 0.2) is 5.82 Å². The molecule has 0 unspecified atom stereocenters. The third-order valence-corrected chi connectivity index (χ3v) is 5.24. The summed E-state index contributed by atoms with van der Waals surface area (Å²) in [5, 5.41) is 10.1. The highest BCUT2D eigenvalue weighted by Crippen LogP contribution is 2.46. The van der Waals surface area contributed by atoms with E-state index in [2.05, 4.69) is 21.1 Å². The Morgan fingerprint density at radius 3 is 2.93 bits per heavy atom. The zero-order valence-electron chi connectivity index (χ0n) is 14.7. The highest BCUT2D eigenvalue weighted by Gasteiger charge is 2.26. The molecule has 137 valence electrons. The molecule has 1 N–H and O–H groups in total. The van der Waals surface area contributed by atoms with Crippen molar-refractivity contribution >= 4 is 29.2 Å². The van der Waals surface area contributed by atoms with Gasteiger partial charge in [-0.2, -0.15) is 0 Å². The molecule has 27 heavy (non-hydrogen) atoms. The predicted octanol–water partition coefficient (Wildman–Crippen LogP) is 2.73. The van der Waals surface area contributed by atoms with Gasteiger partial charge in [-0.3, -0.25) is 4.90 Å². The molecule has 0 saturated heterocycles. The molecule has 2 aromatic heterocycles. The number of benzene rings is 1. The van der Waals surface area contributed by atoms with E-state index in [1.54, 1.807) is 42.8 Å². The fourth-order valence-corrected chi connectivity index (χ4v) is 3.95. The summed E-state index contributed by atoms with van der Waals surface area (Å²) < 4.78 is 6.99. The first kappa shape index (κ1) is 17.5. The van der Waals surface area contributed by atoms with Crippen molar-refractivity contribution in [3.05, 3.63) is 53.9 Å². The third-order valence-electron chi connectivity index (χ3n) is 4.20. The van der Waals surface area contributed by atoms with Crippen LogP contribution < -0.4 is 4.90 Å². The molecule has 1 aliphatic heterocycles. The van der Waals surface area contributed by atoms with E-state index in [0.29, 0.717) is 19.0 Å². The molecular weight excluding hydrogens is 366 g/mol. The SMILES string of the molecule is COCN1c2cc(Cn3c(C)[c]nc3C(=O)O)ccc2Sc2nccnc21. The van der Waals surface area contributed by atoms with E-state index in [4.69, 9.17) is 4.74 Å². The average molecular weight is 382 g/mol. The summed E-state index contributed by atoms with van der Waals surface area (Å²) in [6, 6.07) is 6.00. The maximum Gasteiger partial charge on any atom is 0.372 e. The zero-order valence-corrected chi connectivity index (χ0v) is 15.5. The van der Waals surface area contributed by atoms with E-state index in [-0.39, 0.29) is 5.82 Å². The lowest BCUT2D eigenvalue weighted by Gasteiger charge is -2.30. The minimum atomic E-state index is -1.07. The second kappa shape index (κ2) is 7.01. The lowest BCUT2D eigenvalue weighted by atomic mass is 10.1. The number of hydrogen-bond acceptors (Lipinski definition) is 7. The van der Waals surface area contributed by atoms with E-state index < -0.39 is 5.97 Å². The summed E-state index contributed by atoms with van der Waals surface area (Å²) in [6.07, 6.45) is 6.04. The Balaban J connectivity index is 1.73. The molecule has 3 aromatic rings. The number of aryl methyl sites for hydroxylation is 1. The summed E-state index contributed by atoms with van der Waals surface area (Å²) in [4.78, 5) is 27.1. The highest BCUT2D eigenvalue weighted by atomic mass is 32.2. The second-order valence-electron chi connectivity index (χ2n) is 5.96. The summed E-state index contributed by atoms with van der Waals surface area (Å²) >= 11 is 1.55. The van der Waals surface area contributed by atoms with E-state index in [1.807, 2.05) is 23.1 Å². The van der Waals surface area contributed by atoms with Crippen molar-refractivity contribution in [3.63, 3.8) is 0 Å². The monoisotopic (exact) mass is 382 g/mol. The number of carbonyl (C=O) groups is 1. The largest absolute Gasteiger partial charge is 0.475 e. The second-order valence-corrected chi connectivity index (χ2v) is 6.99. The zero-order chi connectivity index (χ0) is 19.0. The van der Waals surface area contributed by atoms with Crippen LogP contribution in [0.5, 0.6) is 0 Å². The molecule has 0 saturated carbocycles. The number of ether oxygens (including phenoxy) is 1. The topological polar surface area (TPSA) is 93.4 Å². The lowest BCUT2D eigenvalue weighted by Crippen LogP contribution is -2.24. The van der Waals surface area contributed by atoms with Crippen LogP contribution in [-0.2, 0) is 11.3 Å². The first-order chi connectivity index (χ1) is 13.1. The van der Waals surface area contributed by atoms with Crippen LogP contribution in [0.15, 0.2) is 40.5 Å². The Morgan fingerprint density at radius 1 is 1.33 bits per heavy atom. The van der Waals surface area contributed by atoms with Crippen LogP contribution in [0.1, 0.15) is 21.9 Å². The lowest BCUT2D eigenvalue weighted by molar-refractivity contribution is 0.0678. The summed E-state index contributed by atoms with van der Waals surface area (Å²) in [5.74, 6) is -0.352. The van der Waals surface area contributed by atoms with Crippen LogP contribution in [-0.4, -0.2) is 44.4 Å². The van der Waals surface area contributed by atoms with Crippen LogP contribution >= 0.6 is 11.8 Å². The first-order valence-electron chi connectivity index (χ1n) is 8.15. The molecule has 9 heteroatoms. The third kappa shape index (κ3) is 3.15. The maximum atomic E-state index is 11.4. The normalized spacial score (nSPS) is 12.6. The number of aromatic nitrogens is 4. The van der Waals surface area contributed by atoms with Gasteiger partial charge < -0.3 is 14.4 Å². The Labute approximate surface area is 159 Å². The summed E-state index contributed by atoms with van der Waals surface area (Å²) in [6.45, 7) is 2.51. The van der Waals surface area contributed by atoms with Crippen molar-refractivity contribution in [2.45, 2.75) is 23.4 Å². The Bertz CT molecular complexity index is 1020. The van der Waals surface area contributed by atoms with Gasteiger partial charge in [-0.05, 0) is 24.6 Å². The van der Waals surface area contributed by atoms with Crippen LogP contribution in [0.25, 0.3) is 0 Å². The summed E-state index contributed by atoms with van der Waals surface area (Å²) in [7, 11) is 1.63. The molecule has 0 amide bonds. The number of hydrogen-bond donors (Lipinski definition) is 1. The molecule has 0 spiro atoms. The van der Waals surface area contributed by atoms with Crippen LogP contribution in [0, 0.1) is 13.1 Å². The molecule has 3 heterocycles. The number of carboxylic acid groups (broad SMARTS) is 1. The number of aromatic carboxylic acids is 1. The summed E-state index contributed by atoms with van der Waals surface area (Å²) in [5.41, 5.74) is 2.57. The fraction of sp³-hybridized carbons (Fsp3) is 0.222. The minimum absolute atomic E-state index is 0.0236. The van der Waals surface area contributed by atoms with Gasteiger partial charge in [-0.25, -0.2) is 19.7 Å². The van der Waals surface area contributed by atoms with Gasteiger partial charge in [0.1, 0.15) is 18.0 Å². The number of imidazole rings is 1. The van der Waals surface area contributed by atoms with Gasteiger partial charge in [0.25, 0.3) is 0 Å². The van der Waals surface area contributed by atoms with Gasteiger partial charge in [0, 0.05) is 36.6 Å². The molecule has 0 aliphatic carbocycles. The molecule has 0 fully saturated rings. The number of rotatable bonds is 5. The van der Waals surface area contributed by atoms with Gasteiger partial charge in [0.05, 0.1) is 5.69 Å². The Hall–Kier alpha value is -2.91. The maximum absolute atomic E-state index is 11.4. The predicted molar refractivity (Wildman–Crippen MR) is 98.5 cm³/mol. The highest BCUT2D eigenvalue weighted by molar-refractivity contribution is 7.99. The van der Waals surface area contributed by atoms with E-state index in [9.17, 15) is 9.90 Å². The molecule has 4 rings (SSSR count). The molecule has 0 bridgehead atoms. The van der Waals surface area contributed by atoms with Gasteiger partial charge in [-0.15, -0.1) is 0 Å². The van der Waals surface area contributed by atoms with E-state index >= 15 is 0 Å². The molecule has 1 radical (unpaired) electrons. The standard InChI is InChI=1S/C18H16N5O3S/c1-11-8-21-16(18(24)25)22(11)9-12-3-4-14-13(7-12)23(10-26-2)15-17(27-14)20-6-5-19-15/h3-7H,9-10H2,1-2H3,(H,24,25). The Kier molecular flexibility index (Phi) is 4.54. The minimum Gasteiger partial charge on any atom is -0.475 e. The fourth-order valence-electron chi connectivity index (χ4n) is 2.96. The van der Waals surface area contributed by atoms with Gasteiger partial charge in [0.2, 0.25) is 5.82 Å². The molecule has 1 aromatic carbocycles. The van der Waals surface area contributed by atoms with Gasteiger partial charge >= 0.3 is 5.97 Å². The van der Waals surface area contributed by atoms with Gasteiger partial charge in [-0.1, -0.05) is 17.8 Å². The molecular formula is C18H16N5O3S. The van der Waals surface area contributed by atoms with Crippen molar-refractivity contribution < 1.29 is 14.6 Å². The number of fused-ring (bicyclic) bond motifs is 2. The van der Waals surface area contributed by atoms with Crippen molar-refractivity contribution in [2.24, 2.45) is 0 Å². The van der Waals surface area contributed by atoms with Crippen LogP contribution in [0.3, 0.4) is 0 Å². The number of anilines is 2. The van der Waals surface area contributed by atoms with E-state index in [0.717, 1.165) is 27.0 Å². The molecule has 0 atom stereocenters. The van der Waals surface area contributed by atoms with Crippen molar-refractivity contribution in [1.29, 1.82) is 0 Å². The Morgan fingerprint density at radius 2 is 2.15 bits per heavy atom. The number of methoxy groups -OCH3 is 1. The molecule has 1 aliphatic rings. The van der Waals surface area contributed by atoms with Crippen molar-refractivity contribution in [2.75, 3.05) is 18.7 Å². The smallest absolute Gasteiger partial charge is 0.372 e. The van der Waals surface area contributed by atoms with Crippen LogP contribution in [0.4, 0.5) is 11.5 Å².